The fourth-order valence-electron chi connectivity index (χ4n) is 1.55. The molecule has 4 nitrogen and oxygen atoms in total. The summed E-state index contributed by atoms with van der Waals surface area (Å²) in [5.41, 5.74) is 0. The molecule has 0 saturated heterocycles. The van der Waals surface area contributed by atoms with Crippen molar-refractivity contribution in [2.45, 2.75) is 31.2 Å². The van der Waals surface area contributed by atoms with E-state index in [4.69, 9.17) is 5.11 Å². The minimum Gasteiger partial charge on any atom is -0.480 e. The number of thioether (sulfide) groups is 1. The lowest BCUT2D eigenvalue weighted by atomic mass is 10.0. The van der Waals surface area contributed by atoms with Crippen LogP contribution in [-0.2, 0) is 9.59 Å². The molecule has 0 radical (unpaired) electrons. The Labute approximate surface area is 131 Å². The van der Waals surface area contributed by atoms with Gasteiger partial charge in [-0.25, -0.2) is 4.79 Å². The minimum absolute atomic E-state index is 0.129. The first kappa shape index (κ1) is 17.0. The molecule has 0 heterocycles. The second-order valence-corrected chi connectivity index (χ2v) is 6.76. The molecule has 0 aliphatic heterocycles. The summed E-state index contributed by atoms with van der Waals surface area (Å²) in [7, 11) is 0. The van der Waals surface area contributed by atoms with E-state index in [0.29, 0.717) is 12.2 Å². The predicted molar refractivity (Wildman–Crippen MR) is 83.9 cm³/mol. The van der Waals surface area contributed by atoms with Crippen molar-refractivity contribution in [1.82, 2.24) is 5.32 Å². The normalized spacial score (nSPS) is 12.2. The van der Waals surface area contributed by atoms with E-state index in [1.54, 1.807) is 25.6 Å². The first-order chi connectivity index (χ1) is 9.40. The summed E-state index contributed by atoms with van der Waals surface area (Å²) in [6.45, 7) is 3.55. The fourth-order valence-corrected chi connectivity index (χ4v) is 2.67. The summed E-state index contributed by atoms with van der Waals surface area (Å²) in [6.07, 6.45) is 0.303. The van der Waals surface area contributed by atoms with E-state index in [0.717, 1.165) is 9.37 Å². The average Bonchev–Trinajstić information content (AvgIpc) is 2.37. The van der Waals surface area contributed by atoms with Crippen molar-refractivity contribution in [1.29, 1.82) is 0 Å². The number of halogens is 1. The van der Waals surface area contributed by atoms with Crippen molar-refractivity contribution in [2.75, 3.05) is 5.75 Å². The zero-order valence-corrected chi connectivity index (χ0v) is 13.8. The molecule has 0 saturated carbocycles. The maximum Gasteiger partial charge on any atom is 0.326 e. The van der Waals surface area contributed by atoms with Crippen LogP contribution in [0.5, 0.6) is 0 Å². The number of aliphatic carboxylic acids is 1. The number of carboxylic acid groups (broad SMARTS) is 1. The molecule has 0 aliphatic rings. The Morgan fingerprint density at radius 2 is 1.90 bits per heavy atom. The second-order valence-electron chi connectivity index (χ2n) is 4.68. The number of amides is 1. The number of hydrogen-bond donors (Lipinski definition) is 2. The molecular formula is C14H18BrNO3S. The number of rotatable bonds is 7. The molecular weight excluding hydrogens is 342 g/mol. The smallest absolute Gasteiger partial charge is 0.326 e. The van der Waals surface area contributed by atoms with Crippen LogP contribution in [0.2, 0.25) is 0 Å². The number of carbonyl (C=O) groups is 2. The standard InChI is InChI=1S/C14H18BrNO3S/c1-9(2)13(14(18)19)16-12(17)7-8-20-11-5-3-10(15)4-6-11/h3-6,9,13H,7-8H2,1-2H3,(H,16,17)(H,18,19)/t13-/m0/s1. The number of benzene rings is 1. The predicted octanol–water partition coefficient (Wildman–Crippen LogP) is 3.16. The maximum atomic E-state index is 11.7. The van der Waals surface area contributed by atoms with Crippen LogP contribution in [0, 0.1) is 5.92 Å². The van der Waals surface area contributed by atoms with Crippen LogP contribution in [0.4, 0.5) is 0 Å². The summed E-state index contributed by atoms with van der Waals surface area (Å²) in [4.78, 5) is 23.8. The second kappa shape index (κ2) is 8.32. The average molecular weight is 360 g/mol. The van der Waals surface area contributed by atoms with Gasteiger partial charge >= 0.3 is 5.97 Å². The summed E-state index contributed by atoms with van der Waals surface area (Å²) in [6, 6.07) is 7.02. The van der Waals surface area contributed by atoms with Gasteiger partial charge < -0.3 is 10.4 Å². The highest BCUT2D eigenvalue weighted by molar-refractivity contribution is 9.10. The first-order valence-electron chi connectivity index (χ1n) is 6.30. The van der Waals surface area contributed by atoms with Crippen molar-refractivity contribution in [3.8, 4) is 0 Å². The van der Waals surface area contributed by atoms with Gasteiger partial charge in [-0.2, -0.15) is 0 Å². The Kier molecular flexibility index (Phi) is 7.09. The molecule has 2 N–H and O–H groups in total. The third-order valence-corrected chi connectivity index (χ3v) is 4.20. The van der Waals surface area contributed by atoms with Crippen LogP contribution in [0.3, 0.4) is 0 Å². The highest BCUT2D eigenvalue weighted by Gasteiger charge is 2.22. The van der Waals surface area contributed by atoms with Crippen LogP contribution in [0.25, 0.3) is 0 Å². The highest BCUT2D eigenvalue weighted by atomic mass is 79.9. The summed E-state index contributed by atoms with van der Waals surface area (Å²) < 4.78 is 1.01. The van der Waals surface area contributed by atoms with Crippen LogP contribution >= 0.6 is 27.7 Å². The molecule has 0 aliphatic carbocycles. The van der Waals surface area contributed by atoms with Crippen LogP contribution in [0.15, 0.2) is 33.6 Å². The van der Waals surface area contributed by atoms with Gasteiger partial charge in [0.05, 0.1) is 0 Å². The van der Waals surface area contributed by atoms with Gasteiger partial charge in [0.1, 0.15) is 6.04 Å². The topological polar surface area (TPSA) is 66.4 Å². The van der Waals surface area contributed by atoms with Crippen LogP contribution in [0.1, 0.15) is 20.3 Å². The lowest BCUT2D eigenvalue weighted by Gasteiger charge is -2.17. The van der Waals surface area contributed by atoms with Crippen molar-refractivity contribution in [3.63, 3.8) is 0 Å². The zero-order chi connectivity index (χ0) is 15.1. The first-order valence-corrected chi connectivity index (χ1v) is 8.08. The van der Waals surface area contributed by atoms with Gasteiger partial charge in [0.15, 0.2) is 0 Å². The fraction of sp³-hybridized carbons (Fsp3) is 0.429. The molecule has 0 unspecified atom stereocenters. The Morgan fingerprint density at radius 1 is 1.30 bits per heavy atom. The molecule has 0 bridgehead atoms. The van der Waals surface area contributed by atoms with Crippen molar-refractivity contribution in [2.24, 2.45) is 5.92 Å². The number of nitrogens with one attached hydrogen (secondary N) is 1. The van der Waals surface area contributed by atoms with Gasteiger partial charge in [0, 0.05) is 21.5 Å². The Bertz CT molecular complexity index is 462. The highest BCUT2D eigenvalue weighted by Crippen LogP contribution is 2.21. The minimum atomic E-state index is -0.992. The summed E-state index contributed by atoms with van der Waals surface area (Å²) in [5, 5.41) is 11.5. The third-order valence-electron chi connectivity index (χ3n) is 2.66. The number of carboxylic acids is 1. The monoisotopic (exact) mass is 359 g/mol. The SMILES string of the molecule is CC(C)[C@H](NC(=O)CCSc1ccc(Br)cc1)C(=O)O. The van der Waals surface area contributed by atoms with E-state index in [1.807, 2.05) is 24.3 Å². The zero-order valence-electron chi connectivity index (χ0n) is 11.4. The van der Waals surface area contributed by atoms with E-state index in [9.17, 15) is 9.59 Å². The summed E-state index contributed by atoms with van der Waals surface area (Å²) >= 11 is 4.93. The van der Waals surface area contributed by atoms with Crippen molar-refractivity contribution >= 4 is 39.6 Å². The van der Waals surface area contributed by atoms with Gasteiger partial charge in [0.25, 0.3) is 0 Å². The molecule has 110 valence electrons. The molecule has 0 spiro atoms. The molecule has 1 amide bonds. The van der Waals surface area contributed by atoms with Gasteiger partial charge in [-0.15, -0.1) is 11.8 Å². The van der Waals surface area contributed by atoms with E-state index >= 15 is 0 Å². The Balaban J connectivity index is 2.36. The largest absolute Gasteiger partial charge is 0.480 e. The van der Waals surface area contributed by atoms with E-state index in [2.05, 4.69) is 21.2 Å². The summed E-state index contributed by atoms with van der Waals surface area (Å²) in [5.74, 6) is -0.724. The van der Waals surface area contributed by atoms with Crippen LogP contribution < -0.4 is 5.32 Å². The van der Waals surface area contributed by atoms with Gasteiger partial charge in [0.2, 0.25) is 5.91 Å². The van der Waals surface area contributed by atoms with Crippen LogP contribution in [-0.4, -0.2) is 28.8 Å². The Morgan fingerprint density at radius 3 is 2.40 bits per heavy atom. The van der Waals surface area contributed by atoms with Gasteiger partial charge in [-0.3, -0.25) is 4.79 Å². The quantitative estimate of drug-likeness (QED) is 0.733. The van der Waals surface area contributed by atoms with E-state index in [-0.39, 0.29) is 11.8 Å². The maximum absolute atomic E-state index is 11.7. The molecule has 1 atom stereocenters. The van der Waals surface area contributed by atoms with Crippen molar-refractivity contribution in [3.05, 3.63) is 28.7 Å². The molecule has 20 heavy (non-hydrogen) atoms. The molecule has 6 heteroatoms. The molecule has 0 fully saturated rings. The van der Waals surface area contributed by atoms with Gasteiger partial charge in [-0.05, 0) is 30.2 Å². The lowest BCUT2D eigenvalue weighted by Crippen LogP contribution is -2.44. The van der Waals surface area contributed by atoms with E-state index < -0.39 is 12.0 Å². The Hall–Kier alpha value is -1.01. The number of carbonyl (C=O) groups excluding carboxylic acids is 1. The lowest BCUT2D eigenvalue weighted by molar-refractivity contribution is -0.143. The molecule has 1 aromatic carbocycles. The number of hydrogen-bond acceptors (Lipinski definition) is 3. The third kappa shape index (κ3) is 5.96. The van der Waals surface area contributed by atoms with Gasteiger partial charge in [-0.1, -0.05) is 29.8 Å². The van der Waals surface area contributed by atoms with E-state index in [1.165, 1.54) is 0 Å². The molecule has 0 aromatic heterocycles. The van der Waals surface area contributed by atoms with Crippen molar-refractivity contribution < 1.29 is 14.7 Å². The molecule has 1 rings (SSSR count). The molecule has 1 aromatic rings.